The molecule has 0 unspecified atom stereocenters. The van der Waals surface area contributed by atoms with Crippen molar-refractivity contribution in [2.45, 2.75) is 23.5 Å². The third-order valence-corrected chi connectivity index (χ3v) is 6.49. The Bertz CT molecular complexity index is 1360. The summed E-state index contributed by atoms with van der Waals surface area (Å²) in [5.74, 6) is 0.703. The van der Waals surface area contributed by atoms with E-state index >= 15 is 0 Å². The Labute approximate surface area is 207 Å². The molecule has 0 saturated carbocycles. The molecule has 166 valence electrons. The number of aromatic nitrogens is 3. The largest absolute Gasteiger partial charge is 0.302 e. The first kappa shape index (κ1) is 23.2. The van der Waals surface area contributed by atoms with Crippen molar-refractivity contribution >= 4 is 56.9 Å². The van der Waals surface area contributed by atoms with Gasteiger partial charge in [-0.3, -0.25) is 15.1 Å². The molecule has 0 N–H and O–H groups in total. The third-order valence-electron chi connectivity index (χ3n) is 4.68. The predicted molar refractivity (Wildman–Crippen MR) is 135 cm³/mol. The van der Waals surface area contributed by atoms with Crippen molar-refractivity contribution in [3.63, 3.8) is 0 Å². The maximum absolute atomic E-state index is 11.3. The van der Waals surface area contributed by atoms with Crippen molar-refractivity contribution in [2.24, 2.45) is 4.99 Å². The molecule has 0 radical (unpaired) electrons. The minimum absolute atomic E-state index is 0.00776. The first-order chi connectivity index (χ1) is 15.9. The molecule has 0 fully saturated rings. The van der Waals surface area contributed by atoms with E-state index in [0.29, 0.717) is 28.1 Å². The lowest BCUT2D eigenvalue weighted by atomic mass is 10.2. The highest BCUT2D eigenvalue weighted by molar-refractivity contribution is 9.10. The monoisotopic (exact) mass is 541 g/mol. The van der Waals surface area contributed by atoms with Gasteiger partial charge in [0.25, 0.3) is 5.69 Å². The Morgan fingerprint density at radius 2 is 1.97 bits per heavy atom. The zero-order valence-corrected chi connectivity index (χ0v) is 20.5. The number of hydrogen-bond donors (Lipinski definition) is 0. The summed E-state index contributed by atoms with van der Waals surface area (Å²) in [6.07, 6.45) is 1.63. The summed E-state index contributed by atoms with van der Waals surface area (Å²) in [4.78, 5) is 16.2. The highest BCUT2D eigenvalue weighted by Crippen LogP contribution is 2.33. The van der Waals surface area contributed by atoms with Gasteiger partial charge < -0.3 is 4.57 Å². The second-order valence-electron chi connectivity index (χ2n) is 6.88. The number of aliphatic imine (C=N–C) groups is 1. The summed E-state index contributed by atoms with van der Waals surface area (Å²) >= 11 is 11.0. The van der Waals surface area contributed by atoms with Crippen LogP contribution in [0.25, 0.3) is 11.4 Å². The summed E-state index contributed by atoms with van der Waals surface area (Å²) in [5, 5.41) is 21.3. The molecule has 33 heavy (non-hydrogen) atoms. The maximum Gasteiger partial charge on any atom is 0.270 e. The van der Waals surface area contributed by atoms with Crippen LogP contribution in [0.5, 0.6) is 0 Å². The zero-order valence-electron chi connectivity index (χ0n) is 17.4. The van der Waals surface area contributed by atoms with Crippen LogP contribution in [0.3, 0.4) is 0 Å². The number of nitro benzene ring substituents is 1. The summed E-state index contributed by atoms with van der Waals surface area (Å²) < 4.78 is 2.88. The topological polar surface area (TPSA) is 86.2 Å². The Kier molecular flexibility index (Phi) is 7.22. The van der Waals surface area contributed by atoms with Crippen LogP contribution in [0, 0.1) is 10.1 Å². The first-order valence-electron chi connectivity index (χ1n) is 9.89. The molecule has 0 spiro atoms. The number of non-ortho nitro benzene ring substituents is 1. The Morgan fingerprint density at radius 1 is 1.15 bits per heavy atom. The van der Waals surface area contributed by atoms with Crippen LogP contribution in [0.4, 0.5) is 11.4 Å². The van der Waals surface area contributed by atoms with E-state index in [-0.39, 0.29) is 5.69 Å². The van der Waals surface area contributed by atoms with Crippen LogP contribution in [0.1, 0.15) is 12.5 Å². The fourth-order valence-corrected chi connectivity index (χ4v) is 4.68. The van der Waals surface area contributed by atoms with E-state index in [1.165, 1.54) is 23.9 Å². The molecule has 7 nitrogen and oxygen atoms in total. The van der Waals surface area contributed by atoms with Crippen molar-refractivity contribution in [3.05, 3.63) is 91.9 Å². The third kappa shape index (κ3) is 5.50. The quantitative estimate of drug-likeness (QED) is 0.140. The van der Waals surface area contributed by atoms with Gasteiger partial charge in [-0.25, -0.2) is 0 Å². The average molecular weight is 543 g/mol. The molecular formula is C23H17BrClN5O2S. The molecule has 3 aromatic carbocycles. The Hall–Kier alpha value is -3.01. The number of nitrogens with zero attached hydrogens (tertiary/aromatic N) is 5. The van der Waals surface area contributed by atoms with Gasteiger partial charge in [-0.2, -0.15) is 0 Å². The van der Waals surface area contributed by atoms with Crippen LogP contribution >= 0.6 is 39.3 Å². The minimum atomic E-state index is -0.420. The van der Waals surface area contributed by atoms with Crippen molar-refractivity contribution < 1.29 is 4.92 Å². The van der Waals surface area contributed by atoms with E-state index in [4.69, 9.17) is 11.6 Å². The van der Waals surface area contributed by atoms with Crippen molar-refractivity contribution in [1.82, 2.24) is 14.8 Å². The zero-order chi connectivity index (χ0) is 23.4. The SMILES string of the molecule is CCn1c(Sc2ccc([N+](=O)[O-])cc2C=Nc2cccc(Br)c2)nnc1-c1cccc(Cl)c1. The second kappa shape index (κ2) is 10.3. The van der Waals surface area contributed by atoms with Gasteiger partial charge in [-0.05, 0) is 55.1 Å². The molecule has 4 aromatic rings. The lowest BCUT2D eigenvalue weighted by Crippen LogP contribution is -2.00. The van der Waals surface area contributed by atoms with E-state index in [9.17, 15) is 10.1 Å². The first-order valence-corrected chi connectivity index (χ1v) is 11.9. The van der Waals surface area contributed by atoms with Gasteiger partial charge in [0.2, 0.25) is 0 Å². The van der Waals surface area contributed by atoms with Crippen molar-refractivity contribution in [2.75, 3.05) is 0 Å². The highest BCUT2D eigenvalue weighted by atomic mass is 79.9. The fourth-order valence-electron chi connectivity index (χ4n) is 3.13. The summed E-state index contributed by atoms with van der Waals surface area (Å²) in [5.41, 5.74) is 2.20. The van der Waals surface area contributed by atoms with Crippen LogP contribution in [-0.4, -0.2) is 25.9 Å². The van der Waals surface area contributed by atoms with E-state index < -0.39 is 4.92 Å². The smallest absolute Gasteiger partial charge is 0.270 e. The fraction of sp³-hybridized carbons (Fsp3) is 0.0870. The molecule has 0 amide bonds. The van der Waals surface area contributed by atoms with Crippen LogP contribution in [0.15, 0.2) is 86.2 Å². The normalized spacial score (nSPS) is 11.2. The van der Waals surface area contributed by atoms with E-state index in [0.717, 1.165) is 20.6 Å². The van der Waals surface area contributed by atoms with Crippen LogP contribution < -0.4 is 0 Å². The van der Waals surface area contributed by atoms with E-state index in [1.807, 2.05) is 54.0 Å². The van der Waals surface area contributed by atoms with Gasteiger partial charge in [-0.15, -0.1) is 10.2 Å². The van der Waals surface area contributed by atoms with Crippen LogP contribution in [0.2, 0.25) is 5.02 Å². The minimum Gasteiger partial charge on any atom is -0.302 e. The molecule has 4 rings (SSSR count). The van der Waals surface area contributed by atoms with E-state index in [2.05, 4.69) is 31.1 Å². The molecule has 0 aliphatic rings. The summed E-state index contributed by atoms with van der Waals surface area (Å²) in [6, 6.07) is 19.6. The molecule has 1 aromatic heterocycles. The second-order valence-corrected chi connectivity index (χ2v) is 9.24. The molecule has 0 atom stereocenters. The van der Waals surface area contributed by atoms with Gasteiger partial charge in [-0.1, -0.05) is 45.7 Å². The summed E-state index contributed by atoms with van der Waals surface area (Å²) in [7, 11) is 0. The molecule has 0 saturated heterocycles. The van der Waals surface area contributed by atoms with Gasteiger partial charge in [0, 0.05) is 50.4 Å². The van der Waals surface area contributed by atoms with Gasteiger partial charge in [0.1, 0.15) is 0 Å². The maximum atomic E-state index is 11.3. The summed E-state index contributed by atoms with van der Waals surface area (Å²) in [6.45, 7) is 2.65. The number of nitro groups is 1. The molecule has 0 aliphatic heterocycles. The Morgan fingerprint density at radius 3 is 2.70 bits per heavy atom. The van der Waals surface area contributed by atoms with Crippen molar-refractivity contribution in [3.8, 4) is 11.4 Å². The van der Waals surface area contributed by atoms with Gasteiger partial charge >= 0.3 is 0 Å². The number of halogens is 2. The number of rotatable bonds is 7. The number of benzene rings is 3. The van der Waals surface area contributed by atoms with Gasteiger partial charge in [0.15, 0.2) is 11.0 Å². The van der Waals surface area contributed by atoms with Gasteiger partial charge in [0.05, 0.1) is 10.6 Å². The van der Waals surface area contributed by atoms with Crippen LogP contribution in [-0.2, 0) is 6.54 Å². The molecule has 0 aliphatic carbocycles. The Balaban J connectivity index is 1.71. The lowest BCUT2D eigenvalue weighted by molar-refractivity contribution is -0.384. The van der Waals surface area contributed by atoms with Crippen molar-refractivity contribution in [1.29, 1.82) is 0 Å². The molecule has 1 heterocycles. The van der Waals surface area contributed by atoms with E-state index in [1.54, 1.807) is 18.3 Å². The molecular weight excluding hydrogens is 526 g/mol. The predicted octanol–water partition coefficient (Wildman–Crippen LogP) is 7.19. The molecule has 0 bridgehead atoms. The lowest BCUT2D eigenvalue weighted by Gasteiger charge is -2.09. The standard InChI is InChI=1S/C23H17BrClN5O2S/c1-2-29-22(15-5-3-7-18(25)11-15)27-28-23(29)33-21-10-9-20(30(31)32)12-16(21)14-26-19-8-4-6-17(24)13-19/h3-14H,2H2,1H3. The molecule has 10 heteroatoms. The highest BCUT2D eigenvalue weighted by Gasteiger charge is 2.17. The number of hydrogen-bond acceptors (Lipinski definition) is 6. The average Bonchev–Trinajstić information content (AvgIpc) is 3.21.